The van der Waals surface area contributed by atoms with Gasteiger partial charge in [0.05, 0.1) is 0 Å². The number of carbonyl (C=O) groups is 1. The summed E-state index contributed by atoms with van der Waals surface area (Å²) in [6.45, 7) is 7.94. The number of carbonyl (C=O) groups excluding carboxylic acids is 1. The van der Waals surface area contributed by atoms with E-state index in [1.54, 1.807) is 0 Å². The molecule has 0 aliphatic carbocycles. The second-order valence-electron chi connectivity index (χ2n) is 5.77. The first-order valence-electron chi connectivity index (χ1n) is 6.55. The molecule has 3 N–H and O–H groups in total. The molecule has 0 radical (unpaired) electrons. The van der Waals surface area contributed by atoms with Crippen LogP contribution in [-0.4, -0.2) is 24.3 Å². The lowest BCUT2D eigenvalue weighted by Crippen LogP contribution is -2.44. The molecule has 0 heterocycles. The van der Waals surface area contributed by atoms with E-state index in [-0.39, 0.29) is 6.04 Å². The zero-order valence-corrected chi connectivity index (χ0v) is 12.2. The minimum atomic E-state index is -0.493. The normalized spacial score (nSPS) is 12.9. The van der Waals surface area contributed by atoms with E-state index < -0.39 is 11.7 Å². The van der Waals surface area contributed by atoms with Crippen molar-refractivity contribution < 1.29 is 9.53 Å². The van der Waals surface area contributed by atoms with E-state index in [1.807, 2.05) is 27.7 Å². The van der Waals surface area contributed by atoms with Gasteiger partial charge >= 0.3 is 6.09 Å². The standard InChI is InChI=1S/C15H24N2O2/c1-11-5-7-12(8-6-11)9-13(10-16)17-14(18)19-15(2,3)4/h5-8,13H,9-10,16H2,1-4H3,(H,17,18). The summed E-state index contributed by atoms with van der Waals surface area (Å²) in [6, 6.07) is 8.09. The maximum absolute atomic E-state index is 11.7. The van der Waals surface area contributed by atoms with Crippen LogP contribution in [0.15, 0.2) is 24.3 Å². The van der Waals surface area contributed by atoms with Gasteiger partial charge in [-0.15, -0.1) is 0 Å². The van der Waals surface area contributed by atoms with Gasteiger partial charge < -0.3 is 15.8 Å². The Kier molecular flexibility index (Phi) is 5.36. The van der Waals surface area contributed by atoms with Crippen molar-refractivity contribution in [2.75, 3.05) is 6.54 Å². The fourth-order valence-electron chi connectivity index (χ4n) is 1.68. The van der Waals surface area contributed by atoms with E-state index in [4.69, 9.17) is 10.5 Å². The van der Waals surface area contributed by atoms with Crippen LogP contribution in [0.2, 0.25) is 0 Å². The average Bonchev–Trinajstić information content (AvgIpc) is 2.28. The number of benzene rings is 1. The van der Waals surface area contributed by atoms with Gasteiger partial charge in [0.2, 0.25) is 0 Å². The second-order valence-corrected chi connectivity index (χ2v) is 5.77. The molecule has 0 saturated carbocycles. The molecule has 0 bridgehead atoms. The Labute approximate surface area is 115 Å². The number of aryl methyl sites for hydroxylation is 1. The Morgan fingerprint density at radius 1 is 1.32 bits per heavy atom. The van der Waals surface area contributed by atoms with Crippen LogP contribution in [-0.2, 0) is 11.2 Å². The average molecular weight is 264 g/mol. The highest BCUT2D eigenvalue weighted by Crippen LogP contribution is 2.09. The van der Waals surface area contributed by atoms with Gasteiger partial charge in [0.1, 0.15) is 5.60 Å². The molecule has 1 aromatic carbocycles. The molecule has 1 atom stereocenters. The SMILES string of the molecule is Cc1ccc(CC(CN)NC(=O)OC(C)(C)C)cc1. The van der Waals surface area contributed by atoms with Crippen LogP contribution in [0.3, 0.4) is 0 Å². The molecule has 0 saturated heterocycles. The molecule has 1 amide bonds. The summed E-state index contributed by atoms with van der Waals surface area (Å²) in [5.74, 6) is 0. The molecular weight excluding hydrogens is 240 g/mol. The molecule has 0 aliphatic heterocycles. The molecule has 4 nitrogen and oxygen atoms in total. The van der Waals surface area contributed by atoms with Gasteiger partial charge in [-0.2, -0.15) is 0 Å². The van der Waals surface area contributed by atoms with E-state index >= 15 is 0 Å². The van der Waals surface area contributed by atoms with Gasteiger partial charge in [-0.1, -0.05) is 29.8 Å². The molecule has 1 aromatic rings. The van der Waals surface area contributed by atoms with Crippen LogP contribution in [0.4, 0.5) is 4.79 Å². The predicted molar refractivity (Wildman–Crippen MR) is 77.1 cm³/mol. The summed E-state index contributed by atoms with van der Waals surface area (Å²) >= 11 is 0. The van der Waals surface area contributed by atoms with Crippen LogP contribution < -0.4 is 11.1 Å². The number of alkyl carbamates (subject to hydrolysis) is 1. The summed E-state index contributed by atoms with van der Waals surface area (Å²) in [5.41, 5.74) is 7.57. The Hall–Kier alpha value is -1.55. The van der Waals surface area contributed by atoms with Crippen molar-refractivity contribution in [1.29, 1.82) is 0 Å². The van der Waals surface area contributed by atoms with Crippen LogP contribution in [0, 0.1) is 6.92 Å². The molecule has 0 fully saturated rings. The molecule has 1 rings (SSSR count). The highest BCUT2D eigenvalue weighted by Gasteiger charge is 2.18. The maximum atomic E-state index is 11.7. The molecular formula is C15H24N2O2. The fourth-order valence-corrected chi connectivity index (χ4v) is 1.68. The topological polar surface area (TPSA) is 64.3 Å². The predicted octanol–water partition coefficient (Wildman–Crippen LogP) is 2.39. The Bertz CT molecular complexity index is 407. The van der Waals surface area contributed by atoms with Gasteiger partial charge in [0.25, 0.3) is 0 Å². The number of rotatable bonds is 4. The second kappa shape index (κ2) is 6.57. The smallest absolute Gasteiger partial charge is 0.407 e. The quantitative estimate of drug-likeness (QED) is 0.877. The Morgan fingerprint density at radius 2 is 1.89 bits per heavy atom. The lowest BCUT2D eigenvalue weighted by Gasteiger charge is -2.23. The number of hydrogen-bond acceptors (Lipinski definition) is 3. The molecule has 4 heteroatoms. The minimum Gasteiger partial charge on any atom is -0.444 e. The van der Waals surface area contributed by atoms with Gasteiger partial charge in [0.15, 0.2) is 0 Å². The van der Waals surface area contributed by atoms with Crippen LogP contribution in [0.5, 0.6) is 0 Å². The molecule has 0 spiro atoms. The van der Waals surface area contributed by atoms with Crippen LogP contribution >= 0.6 is 0 Å². The fraction of sp³-hybridized carbons (Fsp3) is 0.533. The Balaban J connectivity index is 2.54. The Morgan fingerprint density at radius 3 is 2.37 bits per heavy atom. The molecule has 0 aromatic heterocycles. The van der Waals surface area contributed by atoms with Crippen molar-refractivity contribution in [3.05, 3.63) is 35.4 Å². The molecule has 106 valence electrons. The molecule has 1 unspecified atom stereocenters. The third-order valence-electron chi connectivity index (χ3n) is 2.61. The third-order valence-corrected chi connectivity index (χ3v) is 2.61. The monoisotopic (exact) mass is 264 g/mol. The van der Waals surface area contributed by atoms with Crippen LogP contribution in [0.1, 0.15) is 31.9 Å². The van der Waals surface area contributed by atoms with Crippen LogP contribution in [0.25, 0.3) is 0 Å². The summed E-state index contributed by atoms with van der Waals surface area (Å²) in [6.07, 6.45) is 0.283. The first-order chi connectivity index (χ1) is 8.80. The van der Waals surface area contributed by atoms with Gasteiger partial charge in [-0.05, 0) is 39.7 Å². The highest BCUT2D eigenvalue weighted by atomic mass is 16.6. The van der Waals surface area contributed by atoms with E-state index in [2.05, 4.69) is 29.6 Å². The number of nitrogens with one attached hydrogen (secondary N) is 1. The first-order valence-corrected chi connectivity index (χ1v) is 6.55. The van der Waals surface area contributed by atoms with Crippen molar-refractivity contribution in [3.8, 4) is 0 Å². The summed E-state index contributed by atoms with van der Waals surface area (Å²) in [5, 5.41) is 2.80. The highest BCUT2D eigenvalue weighted by molar-refractivity contribution is 5.68. The van der Waals surface area contributed by atoms with Crippen molar-refractivity contribution >= 4 is 6.09 Å². The van der Waals surface area contributed by atoms with E-state index in [1.165, 1.54) is 5.56 Å². The van der Waals surface area contributed by atoms with E-state index in [0.29, 0.717) is 13.0 Å². The maximum Gasteiger partial charge on any atom is 0.407 e. The summed E-state index contributed by atoms with van der Waals surface area (Å²) in [7, 11) is 0. The van der Waals surface area contributed by atoms with Crippen molar-refractivity contribution in [3.63, 3.8) is 0 Å². The number of nitrogens with two attached hydrogens (primary N) is 1. The van der Waals surface area contributed by atoms with E-state index in [9.17, 15) is 4.79 Å². The van der Waals surface area contributed by atoms with Gasteiger partial charge in [0, 0.05) is 12.6 Å². The lowest BCUT2D eigenvalue weighted by atomic mass is 10.0. The number of amides is 1. The van der Waals surface area contributed by atoms with Crippen molar-refractivity contribution in [2.24, 2.45) is 5.73 Å². The lowest BCUT2D eigenvalue weighted by molar-refractivity contribution is 0.0506. The van der Waals surface area contributed by atoms with E-state index in [0.717, 1.165) is 5.56 Å². The van der Waals surface area contributed by atoms with Crippen molar-refractivity contribution in [1.82, 2.24) is 5.32 Å². The summed E-state index contributed by atoms with van der Waals surface area (Å²) < 4.78 is 5.22. The minimum absolute atomic E-state index is 0.113. The number of hydrogen-bond donors (Lipinski definition) is 2. The zero-order chi connectivity index (χ0) is 14.5. The zero-order valence-electron chi connectivity index (χ0n) is 12.2. The summed E-state index contributed by atoms with van der Waals surface area (Å²) in [4.78, 5) is 11.7. The molecule has 19 heavy (non-hydrogen) atoms. The van der Waals surface area contributed by atoms with Crippen molar-refractivity contribution in [2.45, 2.75) is 45.8 Å². The first kappa shape index (κ1) is 15.5. The largest absolute Gasteiger partial charge is 0.444 e. The van der Waals surface area contributed by atoms with Gasteiger partial charge in [-0.3, -0.25) is 0 Å². The third kappa shape index (κ3) is 6.25. The molecule has 0 aliphatic rings. The van der Waals surface area contributed by atoms with Gasteiger partial charge in [-0.25, -0.2) is 4.79 Å². The number of ether oxygens (including phenoxy) is 1.